The molecule has 2 unspecified atom stereocenters. The van der Waals surface area contributed by atoms with Gasteiger partial charge >= 0.3 is 12.0 Å². The molecule has 0 aromatic heterocycles. The summed E-state index contributed by atoms with van der Waals surface area (Å²) in [4.78, 5) is 25.4. The van der Waals surface area contributed by atoms with Crippen LogP contribution >= 0.6 is 0 Å². The van der Waals surface area contributed by atoms with Gasteiger partial charge in [0.25, 0.3) is 0 Å². The molecule has 0 bridgehead atoms. The second-order valence-electron chi connectivity index (χ2n) is 7.37. The number of unbranched alkanes of at least 4 members (excludes halogenated alkanes) is 1. The summed E-state index contributed by atoms with van der Waals surface area (Å²) in [6, 6.07) is -1.03. The molecule has 6 atom stereocenters. The minimum Gasteiger partial charge on any atom is -0.462 e. The molecule has 2 rings (SSSR count). The van der Waals surface area contributed by atoms with Crippen molar-refractivity contribution >= 4 is 12.0 Å². The molecule has 0 spiro atoms. The number of nitrogens with zero attached hydrogens (tertiary/aromatic N) is 1. The van der Waals surface area contributed by atoms with Gasteiger partial charge in [0, 0.05) is 6.20 Å². The number of nitrogens with two attached hydrogens (primary N) is 1. The number of nitrogens with one attached hydrogen (secondary N) is 1. The molecule has 2 aliphatic rings. The molecular formula is C18H30FN3O7. The maximum absolute atomic E-state index is 14.7. The van der Waals surface area contributed by atoms with E-state index in [0.717, 1.165) is 25.7 Å². The zero-order chi connectivity index (χ0) is 21.8. The zero-order valence-electron chi connectivity index (χ0n) is 16.6. The summed E-state index contributed by atoms with van der Waals surface area (Å²) in [5, 5.41) is 31.0. The Hall–Kier alpha value is -1.79. The number of hydrogen-bond acceptors (Lipinski definition) is 8. The lowest BCUT2D eigenvalue weighted by Crippen LogP contribution is -2.68. The van der Waals surface area contributed by atoms with Crippen LogP contribution in [0.4, 0.5) is 9.18 Å². The zero-order valence-corrected chi connectivity index (χ0v) is 16.6. The van der Waals surface area contributed by atoms with Crippen LogP contribution in [0.25, 0.3) is 0 Å². The minimum atomic E-state index is -2.50. The van der Waals surface area contributed by atoms with Gasteiger partial charge in [0.05, 0.1) is 13.2 Å². The Morgan fingerprint density at radius 1 is 1.45 bits per heavy atom. The van der Waals surface area contributed by atoms with Crippen LogP contribution in [0.5, 0.6) is 0 Å². The van der Waals surface area contributed by atoms with E-state index in [9.17, 15) is 24.2 Å². The molecule has 0 aromatic carbocycles. The highest BCUT2D eigenvalue weighted by molar-refractivity contribution is 5.91. The van der Waals surface area contributed by atoms with Crippen molar-refractivity contribution in [2.75, 3.05) is 13.2 Å². The number of halogens is 1. The standard InChI is InChI=1S/C18H30FN3O7/c1-3-5-6-10(4-2)9-28-16(26)18(20)12(19)7-22(17(27)21-18)15-14(25)13(24)11(8-23)29-15/h7,10-11,13-15,23-25H,3-6,8-9,20H2,1-2H3,(H,21,27)/t10?,11-,13-,14-,15-,18?/m1/s1. The van der Waals surface area contributed by atoms with Crippen molar-refractivity contribution in [3.05, 3.63) is 12.0 Å². The first-order chi connectivity index (χ1) is 13.7. The van der Waals surface area contributed by atoms with Crippen LogP contribution in [-0.2, 0) is 14.3 Å². The minimum absolute atomic E-state index is 0.0516. The fourth-order valence-electron chi connectivity index (χ4n) is 3.23. The summed E-state index contributed by atoms with van der Waals surface area (Å²) < 4.78 is 25.1. The van der Waals surface area contributed by atoms with Crippen LogP contribution in [0.15, 0.2) is 12.0 Å². The topological polar surface area (TPSA) is 155 Å². The molecule has 0 saturated carbocycles. The normalized spacial score (nSPS) is 33.3. The Kier molecular flexibility index (Phi) is 7.94. The van der Waals surface area contributed by atoms with Crippen LogP contribution in [-0.4, -0.2) is 75.6 Å². The van der Waals surface area contributed by atoms with E-state index in [-0.39, 0.29) is 12.5 Å². The molecule has 1 saturated heterocycles. The van der Waals surface area contributed by atoms with E-state index < -0.39 is 54.6 Å². The predicted octanol–water partition coefficient (Wildman–Crippen LogP) is -0.324. The van der Waals surface area contributed by atoms with Crippen LogP contribution in [0.2, 0.25) is 0 Å². The van der Waals surface area contributed by atoms with Crippen LogP contribution in [0.1, 0.15) is 39.5 Å². The first kappa shape index (κ1) is 23.5. The summed E-state index contributed by atoms with van der Waals surface area (Å²) in [6.07, 6.45) is -1.48. The number of carbonyl (C=O) groups is 2. The van der Waals surface area contributed by atoms with Gasteiger partial charge < -0.3 is 30.1 Å². The third kappa shape index (κ3) is 4.86. The molecule has 0 aliphatic carbocycles. The van der Waals surface area contributed by atoms with Gasteiger partial charge in [-0.05, 0) is 12.3 Å². The van der Waals surface area contributed by atoms with Crippen molar-refractivity contribution in [3.63, 3.8) is 0 Å². The Bertz CT molecular complexity index is 635. The molecule has 0 radical (unpaired) electrons. The lowest BCUT2D eigenvalue weighted by molar-refractivity contribution is -0.152. The predicted molar refractivity (Wildman–Crippen MR) is 98.5 cm³/mol. The summed E-state index contributed by atoms with van der Waals surface area (Å²) >= 11 is 0. The molecule has 1 fully saturated rings. The Labute approximate surface area is 168 Å². The Morgan fingerprint density at radius 3 is 2.69 bits per heavy atom. The summed E-state index contributed by atoms with van der Waals surface area (Å²) in [5.41, 5.74) is 3.27. The molecule has 11 heteroatoms. The molecular weight excluding hydrogens is 389 g/mol. The quantitative estimate of drug-likeness (QED) is 0.319. The largest absolute Gasteiger partial charge is 0.462 e. The number of urea groups is 1. The highest BCUT2D eigenvalue weighted by atomic mass is 19.1. The highest BCUT2D eigenvalue weighted by Gasteiger charge is 2.52. The van der Waals surface area contributed by atoms with Gasteiger partial charge in [-0.25, -0.2) is 14.0 Å². The van der Waals surface area contributed by atoms with Crippen molar-refractivity contribution in [2.24, 2.45) is 11.7 Å². The summed E-state index contributed by atoms with van der Waals surface area (Å²) in [7, 11) is 0. The smallest absolute Gasteiger partial charge is 0.354 e. The first-order valence-corrected chi connectivity index (χ1v) is 9.76. The number of hydrogen-bond donors (Lipinski definition) is 5. The number of esters is 1. The number of aliphatic hydroxyl groups is 3. The van der Waals surface area contributed by atoms with E-state index in [0.29, 0.717) is 11.1 Å². The maximum Gasteiger partial charge on any atom is 0.354 e. The van der Waals surface area contributed by atoms with Crippen molar-refractivity contribution < 1.29 is 38.8 Å². The maximum atomic E-state index is 14.7. The van der Waals surface area contributed by atoms with Gasteiger partial charge in [-0.2, -0.15) is 0 Å². The van der Waals surface area contributed by atoms with Gasteiger partial charge in [0.1, 0.15) is 18.3 Å². The number of rotatable bonds is 9. The second kappa shape index (κ2) is 9.81. The van der Waals surface area contributed by atoms with E-state index >= 15 is 0 Å². The third-order valence-corrected chi connectivity index (χ3v) is 5.27. The van der Waals surface area contributed by atoms with Gasteiger partial charge in [-0.1, -0.05) is 33.1 Å². The Morgan fingerprint density at radius 2 is 2.14 bits per heavy atom. The van der Waals surface area contributed by atoms with E-state index in [2.05, 4.69) is 0 Å². The summed E-state index contributed by atoms with van der Waals surface area (Å²) in [5.74, 6) is -2.26. The molecule has 29 heavy (non-hydrogen) atoms. The number of carbonyl (C=O) groups excluding carboxylic acids is 2. The molecule has 10 nitrogen and oxygen atoms in total. The first-order valence-electron chi connectivity index (χ1n) is 9.76. The second-order valence-corrected chi connectivity index (χ2v) is 7.37. The average Bonchev–Trinajstić information content (AvgIpc) is 2.98. The fourth-order valence-corrected chi connectivity index (χ4v) is 3.23. The lowest BCUT2D eigenvalue weighted by atomic mass is 10.0. The van der Waals surface area contributed by atoms with E-state index in [1.54, 1.807) is 0 Å². The average molecular weight is 419 g/mol. The van der Waals surface area contributed by atoms with Crippen LogP contribution < -0.4 is 11.1 Å². The van der Waals surface area contributed by atoms with E-state index in [4.69, 9.17) is 20.3 Å². The molecule has 166 valence electrons. The number of aliphatic hydroxyl groups excluding tert-OH is 3. The SMILES string of the molecule is CCCCC(CC)COC(=O)C1(N)NC(=O)N([C@@H]2O[C@H](CO)[C@@H](O)[C@H]2O)C=C1F. The van der Waals surface area contributed by atoms with Gasteiger partial charge in [-0.3, -0.25) is 10.6 Å². The van der Waals surface area contributed by atoms with E-state index in [1.165, 1.54) is 0 Å². The summed E-state index contributed by atoms with van der Waals surface area (Å²) in [6.45, 7) is 3.44. The molecule has 2 aliphatic heterocycles. The van der Waals surface area contributed by atoms with Crippen LogP contribution in [0, 0.1) is 5.92 Å². The fraction of sp³-hybridized carbons (Fsp3) is 0.778. The number of amides is 2. The third-order valence-electron chi connectivity index (χ3n) is 5.27. The van der Waals surface area contributed by atoms with E-state index in [1.807, 2.05) is 19.2 Å². The Balaban J connectivity index is 2.09. The number of ether oxygens (including phenoxy) is 2. The highest BCUT2D eigenvalue weighted by Crippen LogP contribution is 2.29. The van der Waals surface area contributed by atoms with Crippen molar-refractivity contribution in [2.45, 2.75) is 69.7 Å². The molecule has 2 amide bonds. The van der Waals surface area contributed by atoms with Gasteiger partial charge in [0.15, 0.2) is 12.1 Å². The van der Waals surface area contributed by atoms with Crippen molar-refractivity contribution in [3.8, 4) is 0 Å². The van der Waals surface area contributed by atoms with Gasteiger partial charge in [-0.15, -0.1) is 0 Å². The van der Waals surface area contributed by atoms with Gasteiger partial charge in [0.2, 0.25) is 5.66 Å². The molecule has 0 aromatic rings. The molecule has 2 heterocycles. The monoisotopic (exact) mass is 419 g/mol. The van der Waals surface area contributed by atoms with Crippen molar-refractivity contribution in [1.82, 2.24) is 10.2 Å². The molecule has 6 N–H and O–H groups in total. The van der Waals surface area contributed by atoms with Crippen LogP contribution in [0.3, 0.4) is 0 Å². The van der Waals surface area contributed by atoms with Crippen molar-refractivity contribution in [1.29, 1.82) is 0 Å². The lowest BCUT2D eigenvalue weighted by Gasteiger charge is -2.37.